The van der Waals surface area contributed by atoms with E-state index in [0.717, 1.165) is 33.6 Å². The number of nitrogens with zero attached hydrogens (tertiary/aromatic N) is 1. The Kier molecular flexibility index (Phi) is 5.54. The van der Waals surface area contributed by atoms with Gasteiger partial charge < -0.3 is 10.6 Å². The molecule has 0 fully saturated rings. The minimum absolute atomic E-state index is 0.303. The lowest BCUT2D eigenvalue weighted by Crippen LogP contribution is -2.17. The second kappa shape index (κ2) is 8.05. The van der Waals surface area contributed by atoms with Gasteiger partial charge in [0.25, 0.3) is 11.8 Å². The Morgan fingerprint density at radius 2 is 1.39 bits per heavy atom. The highest BCUT2D eigenvalue weighted by atomic mass is 16.2. The molecule has 3 aromatic rings. The molecule has 0 bridgehead atoms. The normalized spacial score (nSPS) is 10.4. The largest absolute Gasteiger partial charge is 0.322 e. The number of amides is 2. The lowest BCUT2D eigenvalue weighted by atomic mass is 10.1. The van der Waals surface area contributed by atoms with Crippen molar-refractivity contribution in [3.8, 4) is 0 Å². The number of carbonyl (C=O) groups excluding carboxylic acids is 2. The SMILES string of the molecule is Cc1ccc(NC(=O)c2cncc(C(=O)Nc3cccc(C)c3C)c2)c(C)c1. The molecular formula is C23H23N3O2. The quantitative estimate of drug-likeness (QED) is 0.689. The van der Waals surface area contributed by atoms with Crippen molar-refractivity contribution in [3.63, 3.8) is 0 Å². The summed E-state index contributed by atoms with van der Waals surface area (Å²) in [4.78, 5) is 29.3. The van der Waals surface area contributed by atoms with Crippen LogP contribution in [-0.2, 0) is 0 Å². The zero-order chi connectivity index (χ0) is 20.3. The van der Waals surface area contributed by atoms with Gasteiger partial charge in [0.05, 0.1) is 11.1 Å². The molecule has 1 heterocycles. The van der Waals surface area contributed by atoms with Crippen molar-refractivity contribution in [1.82, 2.24) is 4.98 Å². The molecule has 0 aliphatic carbocycles. The van der Waals surface area contributed by atoms with Gasteiger partial charge in [-0.3, -0.25) is 14.6 Å². The summed E-state index contributed by atoms with van der Waals surface area (Å²) >= 11 is 0. The van der Waals surface area contributed by atoms with Crippen molar-refractivity contribution in [2.24, 2.45) is 0 Å². The smallest absolute Gasteiger partial charge is 0.257 e. The van der Waals surface area contributed by atoms with Gasteiger partial charge in [0.2, 0.25) is 0 Å². The zero-order valence-electron chi connectivity index (χ0n) is 16.5. The molecule has 1 aromatic heterocycles. The van der Waals surface area contributed by atoms with Gasteiger partial charge in [-0.05, 0) is 62.6 Å². The molecule has 0 aliphatic rings. The van der Waals surface area contributed by atoms with Gasteiger partial charge in [-0.1, -0.05) is 29.8 Å². The van der Waals surface area contributed by atoms with Crippen molar-refractivity contribution >= 4 is 23.2 Å². The number of hydrogen-bond acceptors (Lipinski definition) is 3. The molecule has 0 aliphatic heterocycles. The number of aryl methyl sites for hydroxylation is 3. The lowest BCUT2D eigenvalue weighted by molar-refractivity contribution is 0.102. The molecule has 0 radical (unpaired) electrons. The Bertz CT molecular complexity index is 1060. The van der Waals surface area contributed by atoms with E-state index in [1.54, 1.807) is 6.07 Å². The molecule has 142 valence electrons. The van der Waals surface area contributed by atoms with Gasteiger partial charge in [0.1, 0.15) is 0 Å². The van der Waals surface area contributed by atoms with E-state index in [2.05, 4.69) is 15.6 Å². The maximum atomic E-state index is 12.6. The minimum atomic E-state index is -0.305. The van der Waals surface area contributed by atoms with Gasteiger partial charge >= 0.3 is 0 Å². The van der Waals surface area contributed by atoms with E-state index in [9.17, 15) is 9.59 Å². The number of rotatable bonds is 4. The van der Waals surface area contributed by atoms with Crippen LogP contribution in [0.5, 0.6) is 0 Å². The third kappa shape index (κ3) is 4.26. The van der Waals surface area contributed by atoms with E-state index in [1.165, 1.54) is 12.4 Å². The summed E-state index contributed by atoms with van der Waals surface area (Å²) in [7, 11) is 0. The van der Waals surface area contributed by atoms with Crippen LogP contribution in [0.4, 0.5) is 11.4 Å². The Morgan fingerprint density at radius 1 is 0.750 bits per heavy atom. The topological polar surface area (TPSA) is 71.1 Å². The van der Waals surface area contributed by atoms with Crippen LogP contribution in [0.3, 0.4) is 0 Å². The predicted octanol–water partition coefficient (Wildman–Crippen LogP) is 4.82. The van der Waals surface area contributed by atoms with Crippen LogP contribution in [0.1, 0.15) is 43.0 Å². The summed E-state index contributed by atoms with van der Waals surface area (Å²) in [5.41, 5.74) is 6.34. The number of nitrogens with one attached hydrogen (secondary N) is 2. The number of aromatic nitrogens is 1. The molecule has 2 N–H and O–H groups in total. The molecule has 0 spiro atoms. The van der Waals surface area contributed by atoms with Crippen molar-refractivity contribution in [2.75, 3.05) is 10.6 Å². The molecule has 0 saturated heterocycles. The molecule has 2 amide bonds. The molecule has 5 heteroatoms. The van der Waals surface area contributed by atoms with Crippen LogP contribution in [-0.4, -0.2) is 16.8 Å². The molecule has 2 aromatic carbocycles. The van der Waals surface area contributed by atoms with E-state index >= 15 is 0 Å². The molecule has 3 rings (SSSR count). The standard InChI is InChI=1S/C23H23N3O2/c1-14-8-9-20(16(3)10-14)25-22(27)18-11-19(13-24-12-18)23(28)26-21-7-5-6-15(2)17(21)4/h5-13H,1-4H3,(H,25,27)(H,26,28). The first-order valence-electron chi connectivity index (χ1n) is 9.06. The fourth-order valence-electron chi connectivity index (χ4n) is 2.92. The van der Waals surface area contributed by atoms with Crippen molar-refractivity contribution in [1.29, 1.82) is 0 Å². The minimum Gasteiger partial charge on any atom is -0.322 e. The predicted molar refractivity (Wildman–Crippen MR) is 112 cm³/mol. The Morgan fingerprint density at radius 3 is 2.04 bits per heavy atom. The third-order valence-electron chi connectivity index (χ3n) is 4.75. The maximum Gasteiger partial charge on any atom is 0.257 e. The van der Waals surface area contributed by atoms with Crippen LogP contribution in [0.25, 0.3) is 0 Å². The summed E-state index contributed by atoms with van der Waals surface area (Å²) in [6.45, 7) is 7.89. The summed E-state index contributed by atoms with van der Waals surface area (Å²) in [5.74, 6) is -0.608. The van der Waals surface area contributed by atoms with Crippen LogP contribution in [0.2, 0.25) is 0 Å². The van der Waals surface area contributed by atoms with Gasteiger partial charge in [0.15, 0.2) is 0 Å². The average Bonchev–Trinajstić information content (AvgIpc) is 2.67. The molecule has 0 atom stereocenters. The summed E-state index contributed by atoms with van der Waals surface area (Å²) in [6.07, 6.45) is 2.90. The first-order chi connectivity index (χ1) is 13.3. The first-order valence-corrected chi connectivity index (χ1v) is 9.06. The van der Waals surface area contributed by atoms with Crippen LogP contribution in [0.15, 0.2) is 54.9 Å². The van der Waals surface area contributed by atoms with Crippen LogP contribution >= 0.6 is 0 Å². The molecule has 5 nitrogen and oxygen atoms in total. The number of benzene rings is 2. The van der Waals surface area contributed by atoms with Gasteiger partial charge in [-0.25, -0.2) is 0 Å². The molecule has 0 unspecified atom stereocenters. The van der Waals surface area contributed by atoms with E-state index in [-0.39, 0.29) is 11.8 Å². The zero-order valence-corrected chi connectivity index (χ0v) is 16.5. The highest BCUT2D eigenvalue weighted by molar-refractivity contribution is 6.08. The second-order valence-corrected chi connectivity index (χ2v) is 6.94. The molecule has 0 saturated carbocycles. The van der Waals surface area contributed by atoms with Crippen molar-refractivity contribution < 1.29 is 9.59 Å². The van der Waals surface area contributed by atoms with E-state index in [1.807, 2.05) is 64.1 Å². The fourth-order valence-corrected chi connectivity index (χ4v) is 2.92. The monoisotopic (exact) mass is 373 g/mol. The number of anilines is 2. The molecule has 28 heavy (non-hydrogen) atoms. The van der Waals surface area contributed by atoms with Crippen molar-refractivity contribution in [2.45, 2.75) is 27.7 Å². The fraction of sp³-hybridized carbons (Fsp3) is 0.174. The van der Waals surface area contributed by atoms with Gasteiger partial charge in [-0.2, -0.15) is 0 Å². The third-order valence-corrected chi connectivity index (χ3v) is 4.75. The maximum absolute atomic E-state index is 12.6. The summed E-state index contributed by atoms with van der Waals surface area (Å²) < 4.78 is 0. The summed E-state index contributed by atoms with van der Waals surface area (Å²) in [6, 6.07) is 13.1. The Hall–Kier alpha value is -3.47. The van der Waals surface area contributed by atoms with Gasteiger partial charge in [0, 0.05) is 23.8 Å². The Labute approximate surface area is 164 Å². The van der Waals surface area contributed by atoms with Gasteiger partial charge in [-0.15, -0.1) is 0 Å². The first kappa shape index (κ1) is 19.3. The summed E-state index contributed by atoms with van der Waals surface area (Å²) in [5, 5.41) is 5.76. The highest BCUT2D eigenvalue weighted by Gasteiger charge is 2.13. The molecular weight excluding hydrogens is 350 g/mol. The number of pyridine rings is 1. The number of carbonyl (C=O) groups is 2. The number of hydrogen-bond donors (Lipinski definition) is 2. The second-order valence-electron chi connectivity index (χ2n) is 6.94. The van der Waals surface area contributed by atoms with E-state index < -0.39 is 0 Å². The van der Waals surface area contributed by atoms with Crippen molar-refractivity contribution in [3.05, 3.63) is 88.2 Å². The Balaban J connectivity index is 1.78. The van der Waals surface area contributed by atoms with E-state index in [4.69, 9.17) is 0 Å². The van der Waals surface area contributed by atoms with Crippen LogP contribution < -0.4 is 10.6 Å². The van der Waals surface area contributed by atoms with E-state index in [0.29, 0.717) is 11.1 Å². The van der Waals surface area contributed by atoms with Crippen LogP contribution in [0, 0.1) is 27.7 Å². The average molecular weight is 373 g/mol. The highest BCUT2D eigenvalue weighted by Crippen LogP contribution is 2.20. The lowest BCUT2D eigenvalue weighted by Gasteiger charge is -2.11.